The number of fused-ring (bicyclic) bond motifs is 1. The van der Waals surface area contributed by atoms with Crippen LogP contribution in [0.4, 0.5) is 11.4 Å². The fourth-order valence-corrected chi connectivity index (χ4v) is 6.40. The zero-order valence-corrected chi connectivity index (χ0v) is 19.6. The lowest BCUT2D eigenvalue weighted by molar-refractivity contribution is 0.592. The highest BCUT2D eigenvalue weighted by molar-refractivity contribution is 7.92. The Bertz CT molecular complexity index is 1200. The van der Waals surface area contributed by atoms with E-state index in [0.717, 1.165) is 30.0 Å². The molecule has 0 amide bonds. The minimum absolute atomic E-state index is 0.359. The van der Waals surface area contributed by atoms with Gasteiger partial charge in [0, 0.05) is 26.3 Å². The number of rotatable bonds is 7. The van der Waals surface area contributed by atoms with Crippen molar-refractivity contribution in [1.29, 1.82) is 0 Å². The Hall–Kier alpha value is -2.79. The summed E-state index contributed by atoms with van der Waals surface area (Å²) in [7, 11) is 0.635. The minimum atomic E-state index is -3.50. The van der Waals surface area contributed by atoms with Gasteiger partial charge in [0.1, 0.15) is 0 Å². The summed E-state index contributed by atoms with van der Waals surface area (Å²) < 4.78 is 27.7. The standard InChI is InChI=1S/C27H30N2O2S/c1-28(2)24-13-9-20(10-14-24)8-11-22-19-26(22)21-12-15-27-23(18-21)16-17-29(27)32(30,31)25-6-4-3-5-7-25/h3-7,9-10,12-15,18,22,26H,8,11,16-17,19H2,1-2H3. The van der Waals surface area contributed by atoms with Crippen molar-refractivity contribution in [2.75, 3.05) is 29.8 Å². The zero-order chi connectivity index (χ0) is 22.3. The van der Waals surface area contributed by atoms with E-state index in [0.29, 0.717) is 17.4 Å². The number of aryl methyl sites for hydroxylation is 1. The molecule has 166 valence electrons. The van der Waals surface area contributed by atoms with E-state index in [9.17, 15) is 8.42 Å². The third-order valence-corrected chi connectivity index (χ3v) is 8.72. The molecule has 1 saturated carbocycles. The summed E-state index contributed by atoms with van der Waals surface area (Å²) in [6.45, 7) is 0.521. The number of sulfonamides is 1. The smallest absolute Gasteiger partial charge is 0.264 e. The number of nitrogens with zero attached hydrogens (tertiary/aromatic N) is 2. The van der Waals surface area contributed by atoms with Crippen LogP contribution in [0.3, 0.4) is 0 Å². The van der Waals surface area contributed by atoms with Gasteiger partial charge in [-0.25, -0.2) is 8.42 Å². The van der Waals surface area contributed by atoms with Gasteiger partial charge in [0.25, 0.3) is 10.0 Å². The van der Waals surface area contributed by atoms with E-state index >= 15 is 0 Å². The molecule has 3 aromatic carbocycles. The van der Waals surface area contributed by atoms with Crippen molar-refractivity contribution in [3.05, 3.63) is 89.5 Å². The van der Waals surface area contributed by atoms with Gasteiger partial charge in [-0.15, -0.1) is 0 Å². The largest absolute Gasteiger partial charge is 0.378 e. The van der Waals surface area contributed by atoms with Gasteiger partial charge in [-0.1, -0.05) is 42.5 Å². The highest BCUT2D eigenvalue weighted by Crippen LogP contribution is 2.51. The monoisotopic (exact) mass is 446 g/mol. The number of benzene rings is 3. The predicted molar refractivity (Wildman–Crippen MR) is 131 cm³/mol. The van der Waals surface area contributed by atoms with Gasteiger partial charge >= 0.3 is 0 Å². The second-order valence-electron chi connectivity index (χ2n) is 9.23. The fourth-order valence-electron chi connectivity index (χ4n) is 4.88. The average molecular weight is 447 g/mol. The lowest BCUT2D eigenvalue weighted by Gasteiger charge is -2.19. The molecule has 0 radical (unpaired) electrons. The average Bonchev–Trinajstić information content (AvgIpc) is 3.46. The van der Waals surface area contributed by atoms with E-state index in [4.69, 9.17) is 0 Å². The summed E-state index contributed by atoms with van der Waals surface area (Å²) in [5, 5.41) is 0. The first-order valence-corrected chi connectivity index (χ1v) is 12.8. The Morgan fingerprint density at radius 3 is 2.44 bits per heavy atom. The van der Waals surface area contributed by atoms with Crippen LogP contribution in [-0.4, -0.2) is 29.1 Å². The molecular weight excluding hydrogens is 416 g/mol. The molecule has 1 heterocycles. The first-order chi connectivity index (χ1) is 15.4. The van der Waals surface area contributed by atoms with Gasteiger partial charge < -0.3 is 4.90 Å². The van der Waals surface area contributed by atoms with Crippen LogP contribution < -0.4 is 9.21 Å². The highest BCUT2D eigenvalue weighted by atomic mass is 32.2. The van der Waals surface area contributed by atoms with E-state index in [2.05, 4.69) is 55.4 Å². The molecular formula is C27H30N2O2S. The summed E-state index contributed by atoms with van der Waals surface area (Å²) in [5.41, 5.74) is 6.01. The molecule has 0 N–H and O–H groups in total. The summed E-state index contributed by atoms with van der Waals surface area (Å²) in [6.07, 6.45) is 4.34. The lowest BCUT2D eigenvalue weighted by Crippen LogP contribution is -2.29. The molecule has 0 bridgehead atoms. The maximum atomic E-state index is 13.1. The topological polar surface area (TPSA) is 40.6 Å². The van der Waals surface area contributed by atoms with E-state index in [1.165, 1.54) is 29.7 Å². The van der Waals surface area contributed by atoms with E-state index < -0.39 is 10.0 Å². The van der Waals surface area contributed by atoms with Crippen LogP contribution in [0.25, 0.3) is 0 Å². The highest BCUT2D eigenvalue weighted by Gasteiger charge is 2.39. The fraction of sp³-hybridized carbons (Fsp3) is 0.333. The normalized spacial score (nSPS) is 19.6. The van der Waals surface area contributed by atoms with Crippen molar-refractivity contribution in [2.45, 2.75) is 36.5 Å². The third kappa shape index (κ3) is 4.02. The Morgan fingerprint density at radius 2 is 1.72 bits per heavy atom. The molecule has 5 rings (SSSR count). The quantitative estimate of drug-likeness (QED) is 0.498. The molecule has 1 fully saturated rings. The first-order valence-electron chi connectivity index (χ1n) is 11.4. The molecule has 2 aliphatic rings. The van der Waals surface area contributed by atoms with E-state index in [-0.39, 0.29) is 0 Å². The van der Waals surface area contributed by atoms with Crippen LogP contribution >= 0.6 is 0 Å². The molecule has 1 aliphatic carbocycles. The van der Waals surface area contributed by atoms with Crippen LogP contribution in [0.5, 0.6) is 0 Å². The van der Waals surface area contributed by atoms with Crippen LogP contribution in [0, 0.1) is 5.92 Å². The molecule has 0 saturated heterocycles. The van der Waals surface area contributed by atoms with Crippen LogP contribution in [-0.2, 0) is 22.9 Å². The van der Waals surface area contributed by atoms with Crippen LogP contribution in [0.2, 0.25) is 0 Å². The summed E-state index contributed by atoms with van der Waals surface area (Å²) in [5.74, 6) is 1.34. The lowest BCUT2D eigenvalue weighted by atomic mass is 10.0. The number of hydrogen-bond donors (Lipinski definition) is 0. The molecule has 0 aromatic heterocycles. The van der Waals surface area contributed by atoms with Crippen molar-refractivity contribution in [1.82, 2.24) is 0 Å². The molecule has 2 unspecified atom stereocenters. The summed E-state index contributed by atoms with van der Waals surface area (Å²) in [4.78, 5) is 2.48. The molecule has 32 heavy (non-hydrogen) atoms. The maximum Gasteiger partial charge on any atom is 0.264 e. The molecule has 2 atom stereocenters. The molecule has 1 aliphatic heterocycles. The number of anilines is 2. The van der Waals surface area contributed by atoms with Crippen molar-refractivity contribution in [3.8, 4) is 0 Å². The third-order valence-electron chi connectivity index (χ3n) is 6.89. The predicted octanol–water partition coefficient (Wildman–Crippen LogP) is 5.24. The molecule has 5 heteroatoms. The maximum absolute atomic E-state index is 13.1. The van der Waals surface area contributed by atoms with Gasteiger partial charge in [-0.05, 0) is 84.5 Å². The summed E-state index contributed by atoms with van der Waals surface area (Å²) >= 11 is 0. The first kappa shape index (κ1) is 21.1. The van der Waals surface area contributed by atoms with Crippen molar-refractivity contribution in [2.24, 2.45) is 5.92 Å². The van der Waals surface area contributed by atoms with Crippen LogP contribution in [0.1, 0.15) is 35.4 Å². The molecule has 3 aromatic rings. The van der Waals surface area contributed by atoms with E-state index in [1.54, 1.807) is 28.6 Å². The van der Waals surface area contributed by atoms with Gasteiger partial charge in [-0.2, -0.15) is 0 Å². The van der Waals surface area contributed by atoms with Crippen molar-refractivity contribution < 1.29 is 8.42 Å². The Morgan fingerprint density at radius 1 is 0.969 bits per heavy atom. The second kappa shape index (κ2) is 8.28. The van der Waals surface area contributed by atoms with Crippen molar-refractivity contribution >= 4 is 21.4 Å². The SMILES string of the molecule is CN(C)c1ccc(CCC2CC2c2ccc3c(c2)CCN3S(=O)(=O)c2ccccc2)cc1. The molecule has 4 nitrogen and oxygen atoms in total. The van der Waals surface area contributed by atoms with Crippen LogP contribution in [0.15, 0.2) is 77.7 Å². The Kier molecular flexibility index (Phi) is 5.46. The van der Waals surface area contributed by atoms with Gasteiger partial charge in [0.15, 0.2) is 0 Å². The van der Waals surface area contributed by atoms with E-state index in [1.807, 2.05) is 12.1 Å². The Balaban J connectivity index is 1.24. The minimum Gasteiger partial charge on any atom is -0.378 e. The van der Waals surface area contributed by atoms with Gasteiger partial charge in [0.05, 0.1) is 10.6 Å². The van der Waals surface area contributed by atoms with Gasteiger partial charge in [0.2, 0.25) is 0 Å². The number of hydrogen-bond acceptors (Lipinski definition) is 3. The zero-order valence-electron chi connectivity index (χ0n) is 18.7. The Labute approximate surface area is 191 Å². The summed E-state index contributed by atoms with van der Waals surface area (Å²) in [6, 6.07) is 24.0. The van der Waals surface area contributed by atoms with Gasteiger partial charge in [-0.3, -0.25) is 4.31 Å². The molecule has 0 spiro atoms. The second-order valence-corrected chi connectivity index (χ2v) is 11.1. The van der Waals surface area contributed by atoms with Crippen molar-refractivity contribution in [3.63, 3.8) is 0 Å².